The number of thiazole rings is 1. The van der Waals surface area contributed by atoms with E-state index >= 15 is 0 Å². The summed E-state index contributed by atoms with van der Waals surface area (Å²) in [6.45, 7) is 3.79. The molecule has 170 valence electrons. The van der Waals surface area contributed by atoms with E-state index in [0.29, 0.717) is 26.4 Å². The first-order valence-electron chi connectivity index (χ1n) is 10.4. The molecule has 0 spiro atoms. The predicted molar refractivity (Wildman–Crippen MR) is 132 cm³/mol. The number of carbonyl (C=O) groups is 1. The van der Waals surface area contributed by atoms with Gasteiger partial charge in [0.25, 0.3) is 5.56 Å². The molecule has 0 radical (unpaired) electrons. The van der Waals surface area contributed by atoms with E-state index in [-0.39, 0.29) is 12.2 Å². The van der Waals surface area contributed by atoms with Crippen LogP contribution in [0.1, 0.15) is 31.0 Å². The number of rotatable bonds is 6. The fraction of sp³-hybridized carbons (Fsp3) is 0.240. The Bertz CT molecular complexity index is 1400. The standard InChI is InChI=1S/C25H24N2O4S2/c1-5-31-24(29)21-15(2)26-25-27(22(21)17-9-11-19(32-4)12-10-17)23(28)20(33-25)14-16-7-6-8-18(13-16)30-3/h6-14,22H,5H2,1-4H3/b20-14-/t22-/m0/s1. The summed E-state index contributed by atoms with van der Waals surface area (Å²) in [4.78, 5) is 32.8. The number of carbonyl (C=O) groups excluding carboxylic acids is 1. The maximum Gasteiger partial charge on any atom is 0.338 e. The highest BCUT2D eigenvalue weighted by Crippen LogP contribution is 2.31. The first kappa shape index (κ1) is 23.1. The number of nitrogens with zero attached hydrogens (tertiary/aromatic N) is 2. The van der Waals surface area contributed by atoms with Gasteiger partial charge < -0.3 is 9.47 Å². The van der Waals surface area contributed by atoms with Crippen molar-refractivity contribution >= 4 is 35.1 Å². The van der Waals surface area contributed by atoms with E-state index < -0.39 is 12.0 Å². The van der Waals surface area contributed by atoms with E-state index in [2.05, 4.69) is 4.99 Å². The van der Waals surface area contributed by atoms with Crippen molar-refractivity contribution < 1.29 is 14.3 Å². The van der Waals surface area contributed by atoms with E-state index in [1.807, 2.05) is 60.9 Å². The van der Waals surface area contributed by atoms with Crippen LogP contribution in [0.5, 0.6) is 5.75 Å². The molecule has 0 saturated heterocycles. The fourth-order valence-corrected chi connectivity index (χ4v) is 5.23. The minimum Gasteiger partial charge on any atom is -0.497 e. The molecule has 0 aliphatic carbocycles. The number of hydrogen-bond acceptors (Lipinski definition) is 7. The van der Waals surface area contributed by atoms with Crippen LogP contribution >= 0.6 is 23.1 Å². The van der Waals surface area contributed by atoms with Crippen LogP contribution in [-0.2, 0) is 9.53 Å². The molecule has 0 fully saturated rings. The predicted octanol–water partition coefficient (Wildman–Crippen LogP) is 3.53. The lowest BCUT2D eigenvalue weighted by molar-refractivity contribution is -0.139. The zero-order chi connectivity index (χ0) is 23.5. The third-order valence-electron chi connectivity index (χ3n) is 5.34. The number of hydrogen-bond donors (Lipinski definition) is 0. The molecule has 1 aromatic heterocycles. The number of benzene rings is 2. The van der Waals surface area contributed by atoms with Crippen LogP contribution < -0.4 is 19.6 Å². The summed E-state index contributed by atoms with van der Waals surface area (Å²) < 4.78 is 12.8. The van der Waals surface area contributed by atoms with Crippen LogP contribution in [0, 0.1) is 0 Å². The smallest absolute Gasteiger partial charge is 0.338 e. The minimum atomic E-state index is -0.608. The molecule has 4 rings (SSSR count). The number of allylic oxidation sites excluding steroid dienone is 1. The Morgan fingerprint density at radius 2 is 2.00 bits per heavy atom. The first-order chi connectivity index (χ1) is 16.0. The van der Waals surface area contributed by atoms with Crippen molar-refractivity contribution in [3.63, 3.8) is 0 Å². The molecule has 0 unspecified atom stereocenters. The molecule has 0 saturated carbocycles. The second kappa shape index (κ2) is 9.80. The summed E-state index contributed by atoms with van der Waals surface area (Å²) in [7, 11) is 1.61. The molecule has 2 heterocycles. The molecule has 0 bridgehead atoms. The number of thioether (sulfide) groups is 1. The van der Waals surface area contributed by atoms with Crippen molar-refractivity contribution in [1.29, 1.82) is 0 Å². The van der Waals surface area contributed by atoms with E-state index in [0.717, 1.165) is 16.0 Å². The Balaban J connectivity index is 1.93. The van der Waals surface area contributed by atoms with Crippen LogP contribution in [0.25, 0.3) is 6.08 Å². The largest absolute Gasteiger partial charge is 0.497 e. The molecule has 0 amide bonds. The van der Waals surface area contributed by atoms with Gasteiger partial charge in [-0.15, -0.1) is 11.8 Å². The first-order valence-corrected chi connectivity index (χ1v) is 12.5. The van der Waals surface area contributed by atoms with Crippen molar-refractivity contribution in [3.05, 3.63) is 90.6 Å². The highest BCUT2D eigenvalue weighted by atomic mass is 32.2. The molecule has 1 atom stereocenters. The van der Waals surface area contributed by atoms with Crippen LogP contribution in [0.3, 0.4) is 0 Å². The topological polar surface area (TPSA) is 69.9 Å². The summed E-state index contributed by atoms with van der Waals surface area (Å²) in [5, 5.41) is 0. The maximum atomic E-state index is 13.6. The molecule has 8 heteroatoms. The molecule has 1 aliphatic heterocycles. The summed E-state index contributed by atoms with van der Waals surface area (Å²) in [6, 6.07) is 14.8. The summed E-state index contributed by atoms with van der Waals surface area (Å²) in [5.74, 6) is 0.253. The van der Waals surface area contributed by atoms with Gasteiger partial charge in [-0.25, -0.2) is 9.79 Å². The fourth-order valence-electron chi connectivity index (χ4n) is 3.78. The van der Waals surface area contributed by atoms with Gasteiger partial charge in [-0.3, -0.25) is 9.36 Å². The van der Waals surface area contributed by atoms with Crippen molar-refractivity contribution in [2.24, 2.45) is 4.99 Å². The van der Waals surface area contributed by atoms with Gasteiger partial charge in [-0.2, -0.15) is 0 Å². The van der Waals surface area contributed by atoms with Gasteiger partial charge in [-0.1, -0.05) is 35.6 Å². The average Bonchev–Trinajstić information content (AvgIpc) is 3.12. The molecule has 2 aromatic carbocycles. The summed E-state index contributed by atoms with van der Waals surface area (Å²) in [5.41, 5.74) is 2.42. The van der Waals surface area contributed by atoms with Crippen molar-refractivity contribution in [2.75, 3.05) is 20.0 Å². The molecule has 3 aromatic rings. The Hall–Kier alpha value is -3.10. The zero-order valence-electron chi connectivity index (χ0n) is 18.8. The third kappa shape index (κ3) is 4.54. The quantitative estimate of drug-likeness (QED) is 0.399. The van der Waals surface area contributed by atoms with Gasteiger partial charge in [0.1, 0.15) is 5.75 Å². The lowest BCUT2D eigenvalue weighted by Gasteiger charge is -2.24. The molecule has 33 heavy (non-hydrogen) atoms. The average molecular weight is 481 g/mol. The minimum absolute atomic E-state index is 0.199. The van der Waals surface area contributed by atoms with Gasteiger partial charge in [0.2, 0.25) is 0 Å². The van der Waals surface area contributed by atoms with E-state index in [9.17, 15) is 9.59 Å². The van der Waals surface area contributed by atoms with Gasteiger partial charge in [-0.05, 0) is 61.6 Å². The van der Waals surface area contributed by atoms with Gasteiger partial charge in [0.05, 0.1) is 35.6 Å². The van der Waals surface area contributed by atoms with Crippen LogP contribution in [-0.4, -0.2) is 30.5 Å². The zero-order valence-corrected chi connectivity index (χ0v) is 20.5. The van der Waals surface area contributed by atoms with Gasteiger partial charge in [0, 0.05) is 4.90 Å². The monoisotopic (exact) mass is 480 g/mol. The number of ether oxygens (including phenoxy) is 2. The molecular formula is C25H24N2O4S2. The van der Waals surface area contributed by atoms with Crippen molar-refractivity contribution in [2.45, 2.75) is 24.8 Å². The Kier molecular flexibility index (Phi) is 6.85. The van der Waals surface area contributed by atoms with Crippen LogP contribution in [0.2, 0.25) is 0 Å². The number of aromatic nitrogens is 1. The SMILES string of the molecule is CCOC(=O)C1=C(C)N=c2s/c(=C\c3cccc(OC)c3)c(=O)n2[C@H]1c1ccc(SC)cc1. The van der Waals surface area contributed by atoms with Crippen LogP contribution in [0.4, 0.5) is 0 Å². The lowest BCUT2D eigenvalue weighted by Crippen LogP contribution is -2.39. The van der Waals surface area contributed by atoms with Gasteiger partial charge in [0.15, 0.2) is 4.80 Å². The Morgan fingerprint density at radius 1 is 1.24 bits per heavy atom. The van der Waals surface area contributed by atoms with E-state index in [4.69, 9.17) is 9.47 Å². The van der Waals surface area contributed by atoms with E-state index in [1.165, 1.54) is 11.3 Å². The van der Waals surface area contributed by atoms with E-state index in [1.54, 1.807) is 37.3 Å². The number of fused-ring (bicyclic) bond motifs is 1. The number of methoxy groups -OCH3 is 1. The maximum absolute atomic E-state index is 13.6. The molecular weight excluding hydrogens is 456 g/mol. The number of esters is 1. The molecule has 1 aliphatic rings. The Labute approximate surface area is 199 Å². The van der Waals surface area contributed by atoms with Gasteiger partial charge >= 0.3 is 5.97 Å². The second-order valence-corrected chi connectivity index (χ2v) is 9.24. The summed E-state index contributed by atoms with van der Waals surface area (Å²) >= 11 is 2.94. The molecule has 0 N–H and O–H groups in total. The van der Waals surface area contributed by atoms with Crippen molar-refractivity contribution in [1.82, 2.24) is 4.57 Å². The lowest BCUT2D eigenvalue weighted by atomic mass is 9.96. The highest BCUT2D eigenvalue weighted by molar-refractivity contribution is 7.98. The third-order valence-corrected chi connectivity index (χ3v) is 7.07. The highest BCUT2D eigenvalue weighted by Gasteiger charge is 2.33. The normalized spacial score (nSPS) is 15.8. The van der Waals surface area contributed by atoms with Crippen LogP contribution in [0.15, 0.2) is 74.5 Å². The second-order valence-electron chi connectivity index (χ2n) is 7.35. The summed E-state index contributed by atoms with van der Waals surface area (Å²) in [6.07, 6.45) is 3.83. The van der Waals surface area contributed by atoms with Crippen molar-refractivity contribution in [3.8, 4) is 5.75 Å². The Morgan fingerprint density at radius 3 is 2.67 bits per heavy atom. The molecule has 6 nitrogen and oxygen atoms in total.